The van der Waals surface area contributed by atoms with Crippen LogP contribution in [0.25, 0.3) is 0 Å². The molecule has 0 saturated heterocycles. The van der Waals surface area contributed by atoms with Crippen LogP contribution in [0.2, 0.25) is 0 Å². The summed E-state index contributed by atoms with van der Waals surface area (Å²) in [5.74, 6) is -0.491. The van der Waals surface area contributed by atoms with Crippen LogP contribution in [-0.2, 0) is 4.79 Å². The predicted octanol–water partition coefficient (Wildman–Crippen LogP) is 0.867. The molecule has 0 heterocycles. The molecule has 0 bridgehead atoms. The fourth-order valence-corrected chi connectivity index (χ4v) is 2.70. The zero-order valence-electron chi connectivity index (χ0n) is 11.0. The third kappa shape index (κ3) is 3.39. The highest BCUT2D eigenvalue weighted by molar-refractivity contribution is 5.86. The number of nitrogens with zero attached hydrogens (tertiary/aromatic N) is 1. The highest BCUT2D eigenvalue weighted by Crippen LogP contribution is 2.42. The zero-order valence-corrected chi connectivity index (χ0v) is 11.0. The maximum absolute atomic E-state index is 12.6. The van der Waals surface area contributed by atoms with Crippen LogP contribution < -0.4 is 11.1 Å². The quantitative estimate of drug-likeness (QED) is 0.727. The number of hydrogen-bond donors (Lipinski definition) is 2. The Morgan fingerprint density at radius 3 is 2.16 bits per heavy atom. The Bertz CT molecular complexity index is 353. The molecule has 1 atom stereocenters. The Morgan fingerprint density at radius 2 is 1.84 bits per heavy atom. The lowest BCUT2D eigenvalue weighted by atomic mass is 9.91. The van der Waals surface area contributed by atoms with Crippen LogP contribution in [0, 0.1) is 5.92 Å². The van der Waals surface area contributed by atoms with Crippen LogP contribution in [0.3, 0.4) is 0 Å². The number of alkyl halides is 3. The van der Waals surface area contributed by atoms with E-state index in [-0.39, 0.29) is 18.5 Å². The van der Waals surface area contributed by atoms with Gasteiger partial charge >= 0.3 is 6.18 Å². The van der Waals surface area contributed by atoms with Crippen molar-refractivity contribution in [2.75, 3.05) is 20.1 Å². The second-order valence-corrected chi connectivity index (χ2v) is 5.61. The lowest BCUT2D eigenvalue weighted by molar-refractivity contribution is -0.152. The van der Waals surface area contributed by atoms with Gasteiger partial charge in [-0.25, -0.2) is 0 Å². The molecule has 110 valence electrons. The van der Waals surface area contributed by atoms with Gasteiger partial charge in [0.1, 0.15) is 5.54 Å². The first-order valence-electron chi connectivity index (χ1n) is 6.58. The van der Waals surface area contributed by atoms with E-state index in [1.54, 1.807) is 7.05 Å². The van der Waals surface area contributed by atoms with Crippen LogP contribution in [-0.4, -0.2) is 48.7 Å². The van der Waals surface area contributed by atoms with Gasteiger partial charge in [0.15, 0.2) is 0 Å². The van der Waals surface area contributed by atoms with Gasteiger partial charge in [0.05, 0.1) is 6.54 Å². The van der Waals surface area contributed by atoms with Crippen LogP contribution in [0.1, 0.15) is 25.7 Å². The van der Waals surface area contributed by atoms with E-state index in [2.05, 4.69) is 5.32 Å². The molecule has 0 aliphatic heterocycles. The molecule has 1 unspecified atom stereocenters. The van der Waals surface area contributed by atoms with Gasteiger partial charge in [-0.05, 0) is 38.6 Å². The molecule has 2 rings (SSSR count). The predicted molar refractivity (Wildman–Crippen MR) is 64.4 cm³/mol. The van der Waals surface area contributed by atoms with Crippen molar-refractivity contribution in [1.29, 1.82) is 0 Å². The largest absolute Gasteiger partial charge is 0.401 e. The summed E-state index contributed by atoms with van der Waals surface area (Å²) in [5.41, 5.74) is 4.43. The summed E-state index contributed by atoms with van der Waals surface area (Å²) in [6, 6.07) is -0.0625. The molecule has 1 amide bonds. The summed E-state index contributed by atoms with van der Waals surface area (Å²) in [4.78, 5) is 13.1. The van der Waals surface area contributed by atoms with Crippen molar-refractivity contribution in [2.24, 2.45) is 11.7 Å². The average Bonchev–Trinajstić information content (AvgIpc) is 3.16. The summed E-state index contributed by atoms with van der Waals surface area (Å²) in [6.07, 6.45) is -1.04. The zero-order chi connectivity index (χ0) is 14.3. The van der Waals surface area contributed by atoms with Gasteiger partial charge < -0.3 is 11.1 Å². The number of hydrogen-bond acceptors (Lipinski definition) is 3. The molecule has 0 aromatic rings. The molecular formula is C12H20F3N3O. The number of amides is 1. The average molecular weight is 279 g/mol. The van der Waals surface area contributed by atoms with Crippen molar-refractivity contribution in [3.8, 4) is 0 Å². The van der Waals surface area contributed by atoms with E-state index >= 15 is 0 Å². The smallest absolute Gasteiger partial charge is 0.368 e. The first kappa shape index (κ1) is 14.6. The first-order chi connectivity index (χ1) is 8.78. The van der Waals surface area contributed by atoms with Gasteiger partial charge in [-0.2, -0.15) is 13.2 Å². The van der Waals surface area contributed by atoms with E-state index in [0.717, 1.165) is 25.7 Å². The number of likely N-dealkylation sites (N-methyl/N-ethyl adjacent to an activating group) is 1. The van der Waals surface area contributed by atoms with Gasteiger partial charge in [0.25, 0.3) is 0 Å². The maximum atomic E-state index is 12.6. The minimum Gasteiger partial charge on any atom is -0.368 e. The number of nitrogens with two attached hydrogens (primary N) is 1. The van der Waals surface area contributed by atoms with Crippen molar-refractivity contribution in [3.63, 3.8) is 0 Å². The Morgan fingerprint density at radius 1 is 1.26 bits per heavy atom. The third-order valence-electron chi connectivity index (χ3n) is 4.06. The molecule has 2 fully saturated rings. The number of carbonyl (C=O) groups excluding carboxylic acids is 1. The van der Waals surface area contributed by atoms with Crippen LogP contribution in [0.15, 0.2) is 0 Å². The van der Waals surface area contributed by atoms with Gasteiger partial charge in [-0.15, -0.1) is 0 Å². The Hall–Kier alpha value is -0.820. The summed E-state index contributed by atoms with van der Waals surface area (Å²) >= 11 is 0. The third-order valence-corrected chi connectivity index (χ3v) is 4.06. The second-order valence-electron chi connectivity index (χ2n) is 5.61. The van der Waals surface area contributed by atoms with Crippen LogP contribution in [0.4, 0.5) is 13.2 Å². The van der Waals surface area contributed by atoms with Gasteiger partial charge in [0, 0.05) is 12.6 Å². The highest BCUT2D eigenvalue weighted by Gasteiger charge is 2.52. The topological polar surface area (TPSA) is 58.4 Å². The van der Waals surface area contributed by atoms with E-state index in [4.69, 9.17) is 5.73 Å². The summed E-state index contributed by atoms with van der Waals surface area (Å²) in [5, 5.41) is 2.89. The molecule has 0 radical (unpaired) electrons. The van der Waals surface area contributed by atoms with Crippen molar-refractivity contribution >= 4 is 5.91 Å². The van der Waals surface area contributed by atoms with Crippen LogP contribution >= 0.6 is 0 Å². The van der Waals surface area contributed by atoms with Crippen molar-refractivity contribution in [2.45, 2.75) is 43.4 Å². The fraction of sp³-hybridized carbons (Fsp3) is 0.917. The lowest BCUT2D eigenvalue weighted by Gasteiger charge is -2.36. The van der Waals surface area contributed by atoms with E-state index in [9.17, 15) is 18.0 Å². The summed E-state index contributed by atoms with van der Waals surface area (Å²) in [6.45, 7) is -0.922. The van der Waals surface area contributed by atoms with E-state index in [1.165, 1.54) is 4.90 Å². The molecule has 2 aliphatic rings. The normalized spacial score (nSPS) is 23.4. The molecule has 19 heavy (non-hydrogen) atoms. The van der Waals surface area contributed by atoms with Crippen molar-refractivity contribution in [1.82, 2.24) is 10.2 Å². The lowest BCUT2D eigenvalue weighted by Crippen LogP contribution is -2.63. The standard InChI is InChI=1S/C12H20F3N3O/c1-17-11(10(16)19,8-2-3-8)6-18(9-4-5-9)7-12(13,14)15/h8-9,17H,2-7H2,1H3,(H2,16,19). The number of nitrogens with one attached hydrogen (secondary N) is 1. The molecule has 0 spiro atoms. The molecular weight excluding hydrogens is 259 g/mol. The molecule has 3 N–H and O–H groups in total. The second kappa shape index (κ2) is 4.94. The first-order valence-corrected chi connectivity index (χ1v) is 6.58. The minimum absolute atomic E-state index is 0.0493. The summed E-state index contributed by atoms with van der Waals surface area (Å²) < 4.78 is 37.8. The van der Waals surface area contributed by atoms with Crippen LogP contribution in [0.5, 0.6) is 0 Å². The molecule has 4 nitrogen and oxygen atoms in total. The molecule has 0 aromatic carbocycles. The molecule has 0 aromatic heterocycles. The molecule has 7 heteroatoms. The highest BCUT2D eigenvalue weighted by atomic mass is 19.4. The maximum Gasteiger partial charge on any atom is 0.401 e. The Balaban J connectivity index is 2.11. The Kier molecular flexibility index (Phi) is 3.79. The molecule has 2 saturated carbocycles. The van der Waals surface area contributed by atoms with E-state index in [0.29, 0.717) is 0 Å². The number of halogens is 3. The number of rotatable bonds is 7. The fourth-order valence-electron chi connectivity index (χ4n) is 2.70. The summed E-state index contributed by atoms with van der Waals surface area (Å²) in [7, 11) is 1.60. The number of primary amides is 1. The minimum atomic E-state index is -4.25. The van der Waals surface area contributed by atoms with E-state index in [1.807, 2.05) is 0 Å². The van der Waals surface area contributed by atoms with E-state index < -0.39 is 24.2 Å². The number of carbonyl (C=O) groups is 1. The Labute approximate surface area is 110 Å². The monoisotopic (exact) mass is 279 g/mol. The van der Waals surface area contributed by atoms with Crippen molar-refractivity contribution < 1.29 is 18.0 Å². The SMILES string of the molecule is CNC(CN(CC(F)(F)F)C1CC1)(C(N)=O)C1CC1. The molecule has 2 aliphatic carbocycles. The van der Waals surface area contributed by atoms with Gasteiger partial charge in [-0.3, -0.25) is 9.69 Å². The van der Waals surface area contributed by atoms with Crippen molar-refractivity contribution in [3.05, 3.63) is 0 Å². The van der Waals surface area contributed by atoms with Gasteiger partial charge in [-0.1, -0.05) is 0 Å². The van der Waals surface area contributed by atoms with Gasteiger partial charge in [0.2, 0.25) is 5.91 Å².